The summed E-state index contributed by atoms with van der Waals surface area (Å²) in [5.74, 6) is 1.08. The molecule has 1 aliphatic carbocycles. The molecule has 1 aromatic heterocycles. The van der Waals surface area contributed by atoms with E-state index in [-0.39, 0.29) is 5.91 Å². The van der Waals surface area contributed by atoms with Crippen molar-refractivity contribution >= 4 is 23.7 Å². The number of nitrogens with one attached hydrogen (secondary N) is 2. The number of hydrogen-bond donors (Lipinski definition) is 2. The molecular formula is C17H21N5O2S. The van der Waals surface area contributed by atoms with Gasteiger partial charge in [0.05, 0.1) is 11.8 Å². The molecule has 7 nitrogen and oxygen atoms in total. The van der Waals surface area contributed by atoms with Crippen LogP contribution in [0.5, 0.6) is 0 Å². The average molecular weight is 359 g/mol. The lowest BCUT2D eigenvalue weighted by atomic mass is 10.2. The van der Waals surface area contributed by atoms with Gasteiger partial charge in [-0.15, -0.1) is 10.2 Å². The maximum atomic E-state index is 12.1. The van der Waals surface area contributed by atoms with E-state index in [9.17, 15) is 9.59 Å². The van der Waals surface area contributed by atoms with Crippen LogP contribution in [0, 0.1) is 0 Å². The van der Waals surface area contributed by atoms with Gasteiger partial charge in [0, 0.05) is 13.0 Å². The number of amides is 3. The third kappa shape index (κ3) is 4.39. The Morgan fingerprint density at radius 3 is 2.64 bits per heavy atom. The van der Waals surface area contributed by atoms with Gasteiger partial charge in [0.2, 0.25) is 5.91 Å². The molecule has 1 saturated carbocycles. The fourth-order valence-corrected chi connectivity index (χ4v) is 3.29. The lowest BCUT2D eigenvalue weighted by Gasteiger charge is -2.13. The molecule has 0 unspecified atom stereocenters. The fourth-order valence-electron chi connectivity index (χ4n) is 2.43. The van der Waals surface area contributed by atoms with E-state index in [1.807, 2.05) is 18.2 Å². The predicted octanol–water partition coefficient (Wildman–Crippen LogP) is 2.14. The summed E-state index contributed by atoms with van der Waals surface area (Å²) in [7, 11) is 1.47. The number of imide groups is 1. The second-order valence-corrected chi connectivity index (χ2v) is 7.32. The molecule has 3 rings (SSSR count). The lowest BCUT2D eigenvalue weighted by Crippen LogP contribution is -2.41. The van der Waals surface area contributed by atoms with Crippen molar-refractivity contribution in [3.63, 3.8) is 0 Å². The van der Waals surface area contributed by atoms with Crippen molar-refractivity contribution in [1.29, 1.82) is 0 Å². The summed E-state index contributed by atoms with van der Waals surface area (Å²) in [6, 6.07) is 9.60. The molecule has 0 radical (unpaired) electrons. The zero-order chi connectivity index (χ0) is 17.8. The van der Waals surface area contributed by atoms with E-state index < -0.39 is 11.3 Å². The largest absolute Gasteiger partial charge is 0.341 e. The van der Waals surface area contributed by atoms with Gasteiger partial charge < -0.3 is 9.88 Å². The Hall–Kier alpha value is -2.35. The summed E-state index contributed by atoms with van der Waals surface area (Å²) >= 11 is 1.31. The molecule has 1 heterocycles. The van der Waals surface area contributed by atoms with E-state index in [1.54, 1.807) is 6.92 Å². The normalized spacial score (nSPS) is 14.8. The third-order valence-corrected chi connectivity index (χ3v) is 5.07. The number of hydrogen-bond acceptors (Lipinski definition) is 5. The first-order valence-electron chi connectivity index (χ1n) is 8.24. The number of nitrogens with zero attached hydrogens (tertiary/aromatic N) is 3. The van der Waals surface area contributed by atoms with E-state index in [1.165, 1.54) is 18.8 Å². The Bertz CT molecular complexity index is 758. The summed E-state index contributed by atoms with van der Waals surface area (Å²) in [5, 5.41) is 13.5. The Morgan fingerprint density at radius 2 is 2.00 bits per heavy atom. The van der Waals surface area contributed by atoms with E-state index in [4.69, 9.17) is 0 Å². The molecule has 1 atom stereocenters. The van der Waals surface area contributed by atoms with Crippen LogP contribution in [0.4, 0.5) is 4.79 Å². The first kappa shape index (κ1) is 17.5. The van der Waals surface area contributed by atoms with Gasteiger partial charge in [-0.1, -0.05) is 42.1 Å². The molecular weight excluding hydrogens is 338 g/mol. The molecule has 0 saturated heterocycles. The van der Waals surface area contributed by atoms with Crippen LogP contribution in [0.2, 0.25) is 0 Å². The van der Waals surface area contributed by atoms with Gasteiger partial charge in [0.15, 0.2) is 5.16 Å². The van der Waals surface area contributed by atoms with Crippen LogP contribution >= 0.6 is 11.8 Å². The van der Waals surface area contributed by atoms with Crippen LogP contribution in [0.1, 0.15) is 37.1 Å². The minimum Gasteiger partial charge on any atom is -0.341 e. The number of urea groups is 1. The third-order valence-electron chi connectivity index (χ3n) is 3.99. The lowest BCUT2D eigenvalue weighted by molar-refractivity contribution is -0.119. The molecule has 1 aromatic carbocycles. The maximum Gasteiger partial charge on any atom is 0.321 e. The summed E-state index contributed by atoms with van der Waals surface area (Å²) in [6.07, 6.45) is 2.26. The highest BCUT2D eigenvalue weighted by Gasteiger charge is 2.31. The van der Waals surface area contributed by atoms with Crippen molar-refractivity contribution in [1.82, 2.24) is 25.4 Å². The molecule has 2 N–H and O–H groups in total. The van der Waals surface area contributed by atoms with Gasteiger partial charge in [-0.3, -0.25) is 10.1 Å². The van der Waals surface area contributed by atoms with Crippen LogP contribution in [0.15, 0.2) is 35.5 Å². The van der Waals surface area contributed by atoms with Crippen LogP contribution in [0.25, 0.3) is 0 Å². The monoisotopic (exact) mass is 359 g/mol. The summed E-state index contributed by atoms with van der Waals surface area (Å²) in [6.45, 7) is 2.42. The van der Waals surface area contributed by atoms with Crippen molar-refractivity contribution < 1.29 is 9.59 Å². The van der Waals surface area contributed by atoms with Crippen molar-refractivity contribution in [3.8, 4) is 0 Å². The van der Waals surface area contributed by atoms with Crippen LogP contribution in [-0.4, -0.2) is 39.0 Å². The summed E-state index contributed by atoms with van der Waals surface area (Å²) < 4.78 is 2.08. The summed E-state index contributed by atoms with van der Waals surface area (Å²) in [5.41, 5.74) is 1.16. The van der Waals surface area contributed by atoms with E-state index in [2.05, 4.69) is 37.5 Å². The average Bonchev–Trinajstić information content (AvgIpc) is 3.39. The van der Waals surface area contributed by atoms with E-state index >= 15 is 0 Å². The molecule has 1 aliphatic rings. The standard InChI is InChI=1S/C17H21N5O2S/c1-11(15(23)19-16(24)18-2)25-17-21-20-14(13-8-9-13)22(17)10-12-6-4-3-5-7-12/h3-7,11,13H,8-10H2,1-2H3,(H2,18,19,23,24)/t11-/m1/s1. The quantitative estimate of drug-likeness (QED) is 0.772. The van der Waals surface area contributed by atoms with Crippen molar-refractivity contribution in [2.45, 2.75) is 42.6 Å². The SMILES string of the molecule is CNC(=O)NC(=O)[C@@H](C)Sc1nnc(C2CC2)n1Cc1ccccc1. The highest BCUT2D eigenvalue weighted by atomic mass is 32.2. The van der Waals surface area contributed by atoms with Crippen molar-refractivity contribution in [2.75, 3.05) is 7.05 Å². The predicted molar refractivity (Wildman–Crippen MR) is 95.5 cm³/mol. The molecule has 1 fully saturated rings. The molecule has 0 bridgehead atoms. The molecule has 3 amide bonds. The van der Waals surface area contributed by atoms with Crippen LogP contribution in [0.3, 0.4) is 0 Å². The Labute approximate surface area is 150 Å². The van der Waals surface area contributed by atoms with Gasteiger partial charge in [-0.05, 0) is 25.3 Å². The number of benzene rings is 1. The van der Waals surface area contributed by atoms with Crippen LogP contribution < -0.4 is 10.6 Å². The highest BCUT2D eigenvalue weighted by molar-refractivity contribution is 8.00. The van der Waals surface area contributed by atoms with Gasteiger partial charge in [-0.25, -0.2) is 4.79 Å². The van der Waals surface area contributed by atoms with Crippen molar-refractivity contribution in [2.24, 2.45) is 0 Å². The molecule has 132 valence electrons. The van der Waals surface area contributed by atoms with Gasteiger partial charge in [0.25, 0.3) is 0 Å². The van der Waals surface area contributed by atoms with Crippen molar-refractivity contribution in [3.05, 3.63) is 41.7 Å². The molecule has 0 spiro atoms. The first-order chi connectivity index (χ1) is 12.1. The smallest absolute Gasteiger partial charge is 0.321 e. The molecule has 25 heavy (non-hydrogen) atoms. The highest BCUT2D eigenvalue weighted by Crippen LogP contribution is 2.40. The zero-order valence-corrected chi connectivity index (χ0v) is 15.0. The molecule has 2 aromatic rings. The summed E-state index contributed by atoms with van der Waals surface area (Å²) in [4.78, 5) is 23.4. The minimum absolute atomic E-state index is 0.355. The van der Waals surface area contributed by atoms with Gasteiger partial charge in [0.1, 0.15) is 5.82 Å². The van der Waals surface area contributed by atoms with E-state index in [0.717, 1.165) is 24.2 Å². The topological polar surface area (TPSA) is 88.9 Å². The van der Waals surface area contributed by atoms with Crippen LogP contribution in [-0.2, 0) is 11.3 Å². The Morgan fingerprint density at radius 1 is 1.28 bits per heavy atom. The number of thioether (sulfide) groups is 1. The Kier molecular flexibility index (Phi) is 5.37. The zero-order valence-electron chi connectivity index (χ0n) is 14.2. The minimum atomic E-state index is -0.512. The number of carbonyl (C=O) groups excluding carboxylic acids is 2. The Balaban J connectivity index is 1.76. The fraction of sp³-hybridized carbons (Fsp3) is 0.412. The molecule has 8 heteroatoms. The number of rotatable bonds is 6. The van der Waals surface area contributed by atoms with Gasteiger partial charge >= 0.3 is 6.03 Å². The number of aromatic nitrogens is 3. The first-order valence-corrected chi connectivity index (χ1v) is 9.12. The second kappa shape index (κ2) is 7.69. The molecule has 0 aliphatic heterocycles. The van der Waals surface area contributed by atoms with E-state index in [0.29, 0.717) is 17.6 Å². The number of carbonyl (C=O) groups is 2. The maximum absolute atomic E-state index is 12.1. The second-order valence-electron chi connectivity index (χ2n) is 6.02. The van der Waals surface area contributed by atoms with Gasteiger partial charge in [-0.2, -0.15) is 0 Å².